The molecule has 0 radical (unpaired) electrons. The monoisotopic (exact) mass is 276 g/mol. The van der Waals surface area contributed by atoms with Crippen LogP contribution in [0.5, 0.6) is 0 Å². The van der Waals surface area contributed by atoms with E-state index in [1.54, 1.807) is 6.20 Å². The number of carbonyl (C=O) groups excluding carboxylic acids is 1. The number of aromatic nitrogens is 2. The van der Waals surface area contributed by atoms with Gasteiger partial charge in [-0.05, 0) is 38.2 Å². The zero-order valence-electron chi connectivity index (χ0n) is 12.1. The summed E-state index contributed by atoms with van der Waals surface area (Å²) < 4.78 is 1.85. The van der Waals surface area contributed by atoms with Gasteiger partial charge in [0.1, 0.15) is 0 Å². The van der Waals surface area contributed by atoms with E-state index in [1.807, 2.05) is 23.9 Å². The molecule has 0 spiro atoms. The third-order valence-corrected chi connectivity index (χ3v) is 4.59. The molecule has 110 valence electrons. The molecular formula is C15H24N4O. The number of amides is 1. The van der Waals surface area contributed by atoms with Crippen LogP contribution in [0.2, 0.25) is 0 Å². The molecule has 5 nitrogen and oxygen atoms in total. The summed E-state index contributed by atoms with van der Waals surface area (Å²) in [5.41, 5.74) is 0. The lowest BCUT2D eigenvalue weighted by molar-refractivity contribution is -0.123. The van der Waals surface area contributed by atoms with E-state index in [9.17, 15) is 4.79 Å². The Morgan fingerprint density at radius 1 is 1.50 bits per heavy atom. The van der Waals surface area contributed by atoms with Crippen molar-refractivity contribution in [3.8, 4) is 0 Å². The molecule has 1 amide bonds. The highest BCUT2D eigenvalue weighted by Gasteiger charge is 2.38. The third-order valence-electron chi connectivity index (χ3n) is 4.59. The van der Waals surface area contributed by atoms with Crippen LogP contribution >= 0.6 is 0 Å². The molecule has 1 aromatic heterocycles. The van der Waals surface area contributed by atoms with Crippen molar-refractivity contribution in [1.29, 1.82) is 0 Å². The summed E-state index contributed by atoms with van der Waals surface area (Å²) in [6, 6.07) is 2.58. The normalized spacial score (nSPS) is 30.8. The molecule has 1 saturated carbocycles. The summed E-state index contributed by atoms with van der Waals surface area (Å²) in [5.74, 6) is 0.861. The fourth-order valence-electron chi connectivity index (χ4n) is 3.60. The Labute approximate surface area is 120 Å². The number of fused-ring (bicyclic) bond motifs is 1. The average molecular weight is 276 g/mol. The Morgan fingerprint density at radius 2 is 2.35 bits per heavy atom. The van der Waals surface area contributed by atoms with Crippen molar-refractivity contribution in [3.63, 3.8) is 0 Å². The maximum atomic E-state index is 12.3. The standard InChI is InChI=1S/C15H24N4O/c1-11(10-19-8-4-7-16-19)17-15(20)14-9-12-5-2-3-6-13(12)18-14/h4,7-8,11-14,18H,2-3,5-6,9-10H2,1H3,(H,17,20). The Bertz CT molecular complexity index is 431. The van der Waals surface area contributed by atoms with Crippen LogP contribution in [0.25, 0.3) is 0 Å². The molecule has 0 bridgehead atoms. The molecule has 3 rings (SSSR count). The van der Waals surface area contributed by atoms with Crippen molar-refractivity contribution in [3.05, 3.63) is 18.5 Å². The van der Waals surface area contributed by atoms with Crippen LogP contribution in [-0.4, -0.2) is 33.8 Å². The first-order valence-corrected chi connectivity index (χ1v) is 7.76. The number of rotatable bonds is 4. The van der Waals surface area contributed by atoms with Gasteiger partial charge in [-0.1, -0.05) is 12.8 Å². The predicted molar refractivity (Wildman–Crippen MR) is 77.1 cm³/mol. The van der Waals surface area contributed by atoms with E-state index in [1.165, 1.54) is 25.7 Å². The number of hydrogen-bond donors (Lipinski definition) is 2. The Hall–Kier alpha value is -1.36. The van der Waals surface area contributed by atoms with Crippen molar-refractivity contribution in [2.75, 3.05) is 0 Å². The number of carbonyl (C=O) groups is 1. The number of hydrogen-bond acceptors (Lipinski definition) is 3. The highest BCUT2D eigenvalue weighted by molar-refractivity contribution is 5.82. The Balaban J connectivity index is 1.49. The van der Waals surface area contributed by atoms with E-state index in [0.29, 0.717) is 12.0 Å². The largest absolute Gasteiger partial charge is 0.350 e. The minimum Gasteiger partial charge on any atom is -0.350 e. The first kappa shape index (κ1) is 13.6. The SMILES string of the molecule is CC(Cn1cccn1)NC(=O)C1CC2CCCCC2N1. The minimum absolute atomic E-state index is 0.00294. The van der Waals surface area contributed by atoms with E-state index >= 15 is 0 Å². The van der Waals surface area contributed by atoms with Crippen LogP contribution in [0.1, 0.15) is 39.0 Å². The van der Waals surface area contributed by atoms with Gasteiger partial charge in [0.15, 0.2) is 0 Å². The lowest BCUT2D eigenvalue weighted by atomic mass is 9.85. The lowest BCUT2D eigenvalue weighted by Gasteiger charge is -2.24. The molecule has 5 heteroatoms. The quantitative estimate of drug-likeness (QED) is 0.871. The predicted octanol–water partition coefficient (Wildman–Crippen LogP) is 1.31. The van der Waals surface area contributed by atoms with Gasteiger partial charge in [-0.2, -0.15) is 5.10 Å². The third kappa shape index (κ3) is 3.03. The zero-order valence-corrected chi connectivity index (χ0v) is 12.1. The van der Waals surface area contributed by atoms with Gasteiger partial charge in [0.25, 0.3) is 0 Å². The molecule has 1 aliphatic carbocycles. The second kappa shape index (κ2) is 5.95. The zero-order chi connectivity index (χ0) is 13.9. The Kier molecular flexibility index (Phi) is 4.05. The van der Waals surface area contributed by atoms with Gasteiger partial charge in [-0.25, -0.2) is 0 Å². The molecule has 2 fully saturated rings. The molecule has 1 aromatic rings. The fourth-order valence-corrected chi connectivity index (χ4v) is 3.60. The summed E-state index contributed by atoms with van der Waals surface area (Å²) in [4.78, 5) is 12.3. The van der Waals surface area contributed by atoms with E-state index < -0.39 is 0 Å². The maximum absolute atomic E-state index is 12.3. The van der Waals surface area contributed by atoms with Gasteiger partial charge in [0, 0.05) is 24.5 Å². The van der Waals surface area contributed by atoms with Crippen LogP contribution in [-0.2, 0) is 11.3 Å². The van der Waals surface area contributed by atoms with Crippen molar-refractivity contribution >= 4 is 5.91 Å². The highest BCUT2D eigenvalue weighted by Crippen LogP contribution is 2.33. The molecule has 4 unspecified atom stereocenters. The molecule has 0 aromatic carbocycles. The summed E-state index contributed by atoms with van der Waals surface area (Å²) in [7, 11) is 0. The van der Waals surface area contributed by atoms with E-state index in [2.05, 4.69) is 15.7 Å². The lowest BCUT2D eigenvalue weighted by Crippen LogP contribution is -2.47. The first-order valence-electron chi connectivity index (χ1n) is 7.76. The maximum Gasteiger partial charge on any atom is 0.237 e. The molecule has 20 heavy (non-hydrogen) atoms. The van der Waals surface area contributed by atoms with Crippen molar-refractivity contribution < 1.29 is 4.79 Å². The van der Waals surface area contributed by atoms with Gasteiger partial charge >= 0.3 is 0 Å². The van der Waals surface area contributed by atoms with Crippen LogP contribution < -0.4 is 10.6 Å². The minimum atomic E-state index is 0.00294. The number of nitrogens with one attached hydrogen (secondary N) is 2. The summed E-state index contributed by atoms with van der Waals surface area (Å²) in [6.07, 6.45) is 9.83. The van der Waals surface area contributed by atoms with Gasteiger partial charge < -0.3 is 10.6 Å². The average Bonchev–Trinajstić information content (AvgIpc) is 3.06. The molecule has 2 aliphatic rings. The second-order valence-corrected chi connectivity index (χ2v) is 6.24. The Morgan fingerprint density at radius 3 is 3.10 bits per heavy atom. The van der Waals surface area contributed by atoms with Gasteiger partial charge in [-0.15, -0.1) is 0 Å². The topological polar surface area (TPSA) is 59.0 Å². The summed E-state index contributed by atoms with van der Waals surface area (Å²) in [6.45, 7) is 2.75. The number of nitrogens with zero attached hydrogens (tertiary/aromatic N) is 2. The first-order chi connectivity index (χ1) is 9.72. The van der Waals surface area contributed by atoms with Crippen molar-refractivity contribution in [2.24, 2.45) is 5.92 Å². The van der Waals surface area contributed by atoms with Crippen LogP contribution in [0, 0.1) is 5.92 Å². The summed E-state index contributed by atoms with van der Waals surface area (Å²) in [5, 5.41) is 10.8. The molecule has 4 atom stereocenters. The van der Waals surface area contributed by atoms with Gasteiger partial charge in [0.05, 0.1) is 12.6 Å². The molecule has 2 heterocycles. The van der Waals surface area contributed by atoms with Gasteiger partial charge in [-0.3, -0.25) is 9.48 Å². The van der Waals surface area contributed by atoms with Gasteiger partial charge in [0.2, 0.25) is 5.91 Å². The molecule has 1 aliphatic heterocycles. The van der Waals surface area contributed by atoms with Crippen molar-refractivity contribution in [1.82, 2.24) is 20.4 Å². The molecule has 2 N–H and O–H groups in total. The van der Waals surface area contributed by atoms with Crippen LogP contribution in [0.15, 0.2) is 18.5 Å². The highest BCUT2D eigenvalue weighted by atomic mass is 16.2. The van der Waals surface area contributed by atoms with Crippen LogP contribution in [0.4, 0.5) is 0 Å². The summed E-state index contributed by atoms with van der Waals surface area (Å²) >= 11 is 0. The molecule has 1 saturated heterocycles. The fraction of sp³-hybridized carbons (Fsp3) is 0.733. The van der Waals surface area contributed by atoms with E-state index in [-0.39, 0.29) is 18.0 Å². The van der Waals surface area contributed by atoms with Crippen LogP contribution in [0.3, 0.4) is 0 Å². The smallest absolute Gasteiger partial charge is 0.237 e. The van der Waals surface area contributed by atoms with E-state index in [0.717, 1.165) is 13.0 Å². The second-order valence-electron chi connectivity index (χ2n) is 6.24. The molecular weight excluding hydrogens is 252 g/mol. The van der Waals surface area contributed by atoms with Crippen molar-refractivity contribution in [2.45, 2.75) is 63.7 Å². The van der Waals surface area contributed by atoms with E-state index in [4.69, 9.17) is 0 Å².